The van der Waals surface area contributed by atoms with Gasteiger partial charge in [0.2, 0.25) is 5.88 Å². The first-order valence-electron chi connectivity index (χ1n) is 14.0. The highest BCUT2D eigenvalue weighted by atomic mass is 16.6. The third kappa shape index (κ3) is 6.93. The highest BCUT2D eigenvalue weighted by molar-refractivity contribution is 5.77. The molecule has 2 atom stereocenters. The van der Waals surface area contributed by atoms with Gasteiger partial charge in [-0.2, -0.15) is 5.26 Å². The number of carbonyl (C=O) groups is 1. The van der Waals surface area contributed by atoms with Crippen molar-refractivity contribution in [3.63, 3.8) is 0 Å². The van der Waals surface area contributed by atoms with Crippen LogP contribution >= 0.6 is 0 Å². The Morgan fingerprint density at radius 2 is 1.76 bits per heavy atom. The zero-order valence-electron chi connectivity index (χ0n) is 23.9. The van der Waals surface area contributed by atoms with E-state index in [1.165, 1.54) is 5.56 Å². The number of nitrogens with zero attached hydrogens (tertiary/aromatic N) is 1. The highest BCUT2D eigenvalue weighted by Gasteiger charge is 2.32. The molecule has 1 aliphatic rings. The molecule has 0 saturated heterocycles. The van der Waals surface area contributed by atoms with Gasteiger partial charge < -0.3 is 29.4 Å². The quantitative estimate of drug-likeness (QED) is 0.155. The van der Waals surface area contributed by atoms with Crippen molar-refractivity contribution in [2.45, 2.75) is 59.0 Å². The van der Waals surface area contributed by atoms with E-state index in [1.54, 1.807) is 25.1 Å². The molecule has 2 N–H and O–H groups in total. The van der Waals surface area contributed by atoms with E-state index in [9.17, 15) is 10.1 Å². The molecule has 1 aliphatic heterocycles. The van der Waals surface area contributed by atoms with Crippen LogP contribution in [0.1, 0.15) is 63.1 Å². The molecule has 1 heterocycles. The van der Waals surface area contributed by atoms with Crippen LogP contribution in [-0.2, 0) is 11.2 Å². The van der Waals surface area contributed by atoms with E-state index in [4.69, 9.17) is 29.4 Å². The van der Waals surface area contributed by atoms with Crippen LogP contribution < -0.4 is 29.4 Å². The van der Waals surface area contributed by atoms with E-state index >= 15 is 0 Å². The standard InChI is InChI=1S/C33H36N2O6/c1-5-8-17-38-28-16-11-23(18-30(28)37-7-3)31-26-15-14-25(19-29(26)41-32(35)27(31)20-34)40-33(36)21(4)39-24-12-9-22(6-2)10-13-24/h9-16,18-19,21,31H,5-8,17,35H2,1-4H3. The van der Waals surface area contributed by atoms with Gasteiger partial charge in [-0.25, -0.2) is 4.79 Å². The van der Waals surface area contributed by atoms with E-state index in [2.05, 4.69) is 19.9 Å². The summed E-state index contributed by atoms with van der Waals surface area (Å²) in [5.74, 6) is 1.40. The van der Waals surface area contributed by atoms with Crippen LogP contribution in [0.2, 0.25) is 0 Å². The maximum Gasteiger partial charge on any atom is 0.352 e. The number of hydrogen-bond donors (Lipinski definition) is 1. The van der Waals surface area contributed by atoms with Crippen molar-refractivity contribution in [1.82, 2.24) is 0 Å². The number of nitrogens with two attached hydrogens (primary N) is 1. The fraction of sp³-hybridized carbons (Fsp3) is 0.333. The summed E-state index contributed by atoms with van der Waals surface area (Å²) in [6, 6.07) is 20.4. The molecular formula is C33H36N2O6. The first-order chi connectivity index (χ1) is 19.9. The van der Waals surface area contributed by atoms with E-state index in [0.29, 0.717) is 41.8 Å². The lowest BCUT2D eigenvalue weighted by Gasteiger charge is -2.27. The van der Waals surface area contributed by atoms with Crippen LogP contribution in [0.25, 0.3) is 0 Å². The summed E-state index contributed by atoms with van der Waals surface area (Å²) >= 11 is 0. The summed E-state index contributed by atoms with van der Waals surface area (Å²) in [5.41, 5.74) is 9.15. The van der Waals surface area contributed by atoms with E-state index in [-0.39, 0.29) is 17.2 Å². The summed E-state index contributed by atoms with van der Waals surface area (Å²) in [6.07, 6.45) is 2.04. The smallest absolute Gasteiger partial charge is 0.352 e. The largest absolute Gasteiger partial charge is 0.490 e. The molecular weight excluding hydrogens is 520 g/mol. The number of benzene rings is 3. The minimum absolute atomic E-state index is 0.0121. The van der Waals surface area contributed by atoms with Gasteiger partial charge in [0.1, 0.15) is 28.9 Å². The summed E-state index contributed by atoms with van der Waals surface area (Å²) in [5, 5.41) is 9.97. The molecule has 0 aliphatic carbocycles. The average molecular weight is 557 g/mol. The Morgan fingerprint density at radius 3 is 2.44 bits per heavy atom. The van der Waals surface area contributed by atoms with Crippen molar-refractivity contribution < 1.29 is 28.5 Å². The van der Waals surface area contributed by atoms with Crippen molar-refractivity contribution in [2.24, 2.45) is 5.73 Å². The number of esters is 1. The van der Waals surface area contributed by atoms with Crippen molar-refractivity contribution in [3.05, 3.63) is 88.8 Å². The normalized spacial score (nSPS) is 14.8. The Labute approximate surface area is 241 Å². The molecule has 3 aromatic rings. The number of unbranched alkanes of at least 4 members (excludes halogenated alkanes) is 1. The van der Waals surface area contributed by atoms with Gasteiger partial charge in [-0.1, -0.05) is 44.5 Å². The molecule has 0 radical (unpaired) electrons. The van der Waals surface area contributed by atoms with Gasteiger partial charge in [-0.15, -0.1) is 0 Å². The molecule has 41 heavy (non-hydrogen) atoms. The molecule has 0 bridgehead atoms. The number of hydrogen-bond acceptors (Lipinski definition) is 8. The fourth-order valence-corrected chi connectivity index (χ4v) is 4.52. The molecule has 8 nitrogen and oxygen atoms in total. The average Bonchev–Trinajstić information content (AvgIpc) is 2.97. The predicted octanol–water partition coefficient (Wildman–Crippen LogP) is 6.42. The lowest BCUT2D eigenvalue weighted by Crippen LogP contribution is -2.28. The van der Waals surface area contributed by atoms with E-state index < -0.39 is 18.0 Å². The first kappa shape index (κ1) is 29.3. The number of ether oxygens (including phenoxy) is 5. The van der Waals surface area contributed by atoms with Crippen molar-refractivity contribution in [3.8, 4) is 34.8 Å². The van der Waals surface area contributed by atoms with Gasteiger partial charge >= 0.3 is 5.97 Å². The van der Waals surface area contributed by atoms with Gasteiger partial charge in [-0.05, 0) is 68.1 Å². The number of rotatable bonds is 12. The topological polar surface area (TPSA) is 113 Å². The second kappa shape index (κ2) is 13.6. The Hall–Kier alpha value is -4.64. The Balaban J connectivity index is 1.57. The lowest BCUT2D eigenvalue weighted by atomic mass is 9.83. The Bertz CT molecular complexity index is 1440. The van der Waals surface area contributed by atoms with Crippen molar-refractivity contribution in [1.29, 1.82) is 5.26 Å². The molecule has 3 aromatic carbocycles. The fourth-order valence-electron chi connectivity index (χ4n) is 4.52. The van der Waals surface area contributed by atoms with Gasteiger partial charge in [0.05, 0.1) is 19.1 Å². The number of nitriles is 1. The SMILES string of the molecule is CCCCOc1ccc(C2C(C#N)=C(N)Oc3cc(OC(=O)C(C)Oc4ccc(CC)cc4)ccc32)cc1OCC. The maximum absolute atomic E-state index is 12.8. The van der Waals surface area contributed by atoms with Gasteiger partial charge in [-0.3, -0.25) is 0 Å². The van der Waals surface area contributed by atoms with E-state index in [0.717, 1.165) is 24.8 Å². The lowest BCUT2D eigenvalue weighted by molar-refractivity contribution is -0.141. The van der Waals surface area contributed by atoms with Crippen LogP contribution in [0.3, 0.4) is 0 Å². The van der Waals surface area contributed by atoms with Gasteiger partial charge in [0.25, 0.3) is 0 Å². The maximum atomic E-state index is 12.8. The molecule has 2 unspecified atom stereocenters. The van der Waals surface area contributed by atoms with Crippen LogP contribution in [0.5, 0.6) is 28.7 Å². The Morgan fingerprint density at radius 1 is 1.00 bits per heavy atom. The first-order valence-corrected chi connectivity index (χ1v) is 14.0. The zero-order valence-corrected chi connectivity index (χ0v) is 23.9. The molecule has 0 fully saturated rings. The van der Waals surface area contributed by atoms with Gasteiger partial charge in [0, 0.05) is 11.6 Å². The third-order valence-corrected chi connectivity index (χ3v) is 6.74. The van der Waals surface area contributed by atoms with Crippen molar-refractivity contribution >= 4 is 5.97 Å². The van der Waals surface area contributed by atoms with Crippen LogP contribution in [0.15, 0.2) is 72.1 Å². The minimum Gasteiger partial charge on any atom is -0.490 e. The molecule has 4 rings (SSSR count). The van der Waals surface area contributed by atoms with Crippen LogP contribution in [-0.4, -0.2) is 25.3 Å². The van der Waals surface area contributed by atoms with E-state index in [1.807, 2.05) is 49.4 Å². The summed E-state index contributed by atoms with van der Waals surface area (Å²) in [7, 11) is 0. The third-order valence-electron chi connectivity index (χ3n) is 6.74. The number of allylic oxidation sites excluding steroid dienone is 1. The molecule has 214 valence electrons. The Kier molecular flexibility index (Phi) is 9.75. The predicted molar refractivity (Wildman–Crippen MR) is 155 cm³/mol. The monoisotopic (exact) mass is 556 g/mol. The number of aryl methyl sites for hydroxylation is 1. The second-order valence-corrected chi connectivity index (χ2v) is 9.64. The highest BCUT2D eigenvalue weighted by Crippen LogP contribution is 2.45. The number of fused-ring (bicyclic) bond motifs is 1. The minimum atomic E-state index is -0.836. The van der Waals surface area contributed by atoms with Crippen molar-refractivity contribution in [2.75, 3.05) is 13.2 Å². The number of carbonyl (C=O) groups excluding carboxylic acids is 1. The zero-order chi connectivity index (χ0) is 29.4. The summed E-state index contributed by atoms with van der Waals surface area (Å²) < 4.78 is 29.0. The molecule has 0 aromatic heterocycles. The molecule has 0 amide bonds. The van der Waals surface area contributed by atoms with Crippen LogP contribution in [0.4, 0.5) is 0 Å². The molecule has 0 saturated carbocycles. The van der Waals surface area contributed by atoms with Gasteiger partial charge in [0.15, 0.2) is 17.6 Å². The summed E-state index contributed by atoms with van der Waals surface area (Å²) in [4.78, 5) is 12.8. The second-order valence-electron chi connectivity index (χ2n) is 9.64. The molecule has 8 heteroatoms. The molecule has 0 spiro atoms. The summed E-state index contributed by atoms with van der Waals surface area (Å²) in [6.45, 7) is 8.76. The van der Waals surface area contributed by atoms with Crippen LogP contribution in [0, 0.1) is 11.3 Å².